The third kappa shape index (κ3) is 4.58. The van der Waals surface area contributed by atoms with Crippen LogP contribution in [0.25, 0.3) is 0 Å². The molecular weight excluding hydrogens is 378 g/mol. The van der Waals surface area contributed by atoms with E-state index in [2.05, 4.69) is 32.1 Å². The van der Waals surface area contributed by atoms with Gasteiger partial charge in [0.2, 0.25) is 11.8 Å². The Bertz CT molecular complexity index is 840. The molecule has 0 aliphatic carbocycles. The summed E-state index contributed by atoms with van der Waals surface area (Å²) in [6.07, 6.45) is 14.3. The van der Waals surface area contributed by atoms with Gasteiger partial charge in [-0.1, -0.05) is 74.6 Å². The topological polar surface area (TPSA) is 48.0 Å². The summed E-state index contributed by atoms with van der Waals surface area (Å²) in [5, 5.41) is 1.64. The van der Waals surface area contributed by atoms with Crippen LogP contribution in [-0.4, -0.2) is 29.4 Å². The highest BCUT2D eigenvalue weighted by molar-refractivity contribution is 5.85. The number of fused-ring (bicyclic) bond motifs is 1. The summed E-state index contributed by atoms with van der Waals surface area (Å²) < 4.78 is 11.7. The van der Waals surface area contributed by atoms with Crippen molar-refractivity contribution >= 4 is 5.97 Å². The predicted octanol–water partition coefficient (Wildman–Crippen LogP) is 5.22. The van der Waals surface area contributed by atoms with E-state index in [-0.39, 0.29) is 18.8 Å². The number of benzene rings is 1. The first kappa shape index (κ1) is 22.1. The maximum Gasteiger partial charge on any atom is 0.337 e. The number of hydroxylamine groups is 2. The Morgan fingerprint density at radius 1 is 1.20 bits per heavy atom. The molecule has 0 spiro atoms. The van der Waals surface area contributed by atoms with Gasteiger partial charge in [0.25, 0.3) is 0 Å². The molecule has 160 valence electrons. The molecule has 0 amide bonds. The lowest BCUT2D eigenvalue weighted by Gasteiger charge is -2.39. The highest BCUT2D eigenvalue weighted by Gasteiger charge is 2.63. The third-order valence-corrected chi connectivity index (χ3v) is 5.19. The zero-order valence-corrected chi connectivity index (χ0v) is 18.0. The van der Waals surface area contributed by atoms with Gasteiger partial charge in [-0.25, -0.2) is 4.79 Å². The van der Waals surface area contributed by atoms with Crippen LogP contribution >= 0.6 is 0 Å². The Kier molecular flexibility index (Phi) is 7.66. The standard InChI is InChI=1S/C25H31NO4/c1-4-7-13-20(12-5-2)16-11-17-25(22(6-3)30-23-19-29-26(23)25)24(27)28-18-21-14-9-8-10-15-21/h6-16,23H,4-5,17-19H2,1-3H3/b13-7-,16-11+,20-12+,22-6-/t23-,25?/m1/s1. The van der Waals surface area contributed by atoms with E-state index in [0.717, 1.165) is 24.0 Å². The van der Waals surface area contributed by atoms with E-state index in [0.29, 0.717) is 18.8 Å². The first-order chi connectivity index (χ1) is 14.7. The molecule has 2 fully saturated rings. The molecule has 0 bridgehead atoms. The fourth-order valence-electron chi connectivity index (χ4n) is 3.66. The van der Waals surface area contributed by atoms with E-state index in [1.165, 1.54) is 0 Å². The Hall–Kier alpha value is -2.63. The van der Waals surface area contributed by atoms with Gasteiger partial charge in [0.1, 0.15) is 19.0 Å². The van der Waals surface area contributed by atoms with Gasteiger partial charge < -0.3 is 9.47 Å². The minimum atomic E-state index is -1.10. The second-order valence-electron chi connectivity index (χ2n) is 7.30. The normalized spacial score (nSPS) is 25.5. The average Bonchev–Trinajstić information content (AvgIpc) is 2.97. The number of rotatable bonds is 9. The van der Waals surface area contributed by atoms with Crippen LogP contribution < -0.4 is 0 Å². The van der Waals surface area contributed by atoms with E-state index in [4.69, 9.17) is 14.3 Å². The van der Waals surface area contributed by atoms with Gasteiger partial charge in [0, 0.05) is 6.42 Å². The number of nitrogens with zero attached hydrogens (tertiary/aromatic N) is 1. The van der Waals surface area contributed by atoms with E-state index in [1.807, 2.05) is 55.5 Å². The second-order valence-corrected chi connectivity index (χ2v) is 7.30. The third-order valence-electron chi connectivity index (χ3n) is 5.19. The summed E-state index contributed by atoms with van der Waals surface area (Å²) in [5.74, 6) is 0.217. The fourth-order valence-corrected chi connectivity index (χ4v) is 3.66. The van der Waals surface area contributed by atoms with Crippen LogP contribution in [0.15, 0.2) is 78.1 Å². The number of allylic oxidation sites excluding steroid dienone is 6. The van der Waals surface area contributed by atoms with Gasteiger partial charge in [-0.05, 0) is 37.0 Å². The molecule has 0 aromatic heterocycles. The summed E-state index contributed by atoms with van der Waals surface area (Å²) in [6, 6.07) is 9.67. The van der Waals surface area contributed by atoms with E-state index < -0.39 is 5.54 Å². The quantitative estimate of drug-likeness (QED) is 0.413. The van der Waals surface area contributed by atoms with Crippen LogP contribution in [0.3, 0.4) is 0 Å². The number of esters is 1. The molecule has 5 nitrogen and oxygen atoms in total. The second kappa shape index (κ2) is 10.4. The van der Waals surface area contributed by atoms with E-state index in [9.17, 15) is 4.79 Å². The average molecular weight is 410 g/mol. The SMILES string of the molecule is C/C=C1\O[C@@H]2CON2C1(C/C=C/C(/C=C\CC)=C/CC)C(=O)OCc1ccccc1. The van der Waals surface area contributed by atoms with Gasteiger partial charge in [0.15, 0.2) is 0 Å². The molecule has 1 unspecified atom stereocenters. The highest BCUT2D eigenvalue weighted by Crippen LogP contribution is 2.45. The molecule has 1 aromatic carbocycles. The molecule has 2 heterocycles. The summed E-state index contributed by atoms with van der Waals surface area (Å²) in [6.45, 7) is 6.74. The van der Waals surface area contributed by atoms with Crippen molar-refractivity contribution in [3.63, 3.8) is 0 Å². The first-order valence-electron chi connectivity index (χ1n) is 10.7. The van der Waals surface area contributed by atoms with Gasteiger partial charge in [-0.2, -0.15) is 0 Å². The van der Waals surface area contributed by atoms with Crippen molar-refractivity contribution in [1.82, 2.24) is 5.06 Å². The zero-order chi connectivity index (χ0) is 21.4. The van der Waals surface area contributed by atoms with Crippen molar-refractivity contribution in [3.8, 4) is 0 Å². The molecule has 3 rings (SSSR count). The lowest BCUT2D eigenvalue weighted by atomic mass is 9.91. The van der Waals surface area contributed by atoms with Crippen molar-refractivity contribution < 1.29 is 19.1 Å². The Balaban J connectivity index is 1.82. The van der Waals surface area contributed by atoms with Crippen LogP contribution in [0.4, 0.5) is 0 Å². The molecule has 30 heavy (non-hydrogen) atoms. The van der Waals surface area contributed by atoms with Crippen molar-refractivity contribution in [2.24, 2.45) is 0 Å². The molecule has 2 saturated heterocycles. The smallest absolute Gasteiger partial charge is 0.337 e. The van der Waals surface area contributed by atoms with E-state index in [1.54, 1.807) is 5.06 Å². The molecule has 0 saturated carbocycles. The fraction of sp³-hybridized carbons (Fsp3) is 0.400. The monoisotopic (exact) mass is 409 g/mol. The maximum absolute atomic E-state index is 13.3. The summed E-state index contributed by atoms with van der Waals surface area (Å²) in [4.78, 5) is 19.0. The number of hydrogen-bond acceptors (Lipinski definition) is 5. The minimum Gasteiger partial charge on any atom is -0.472 e. The lowest BCUT2D eigenvalue weighted by Crippen LogP contribution is -2.60. The zero-order valence-electron chi connectivity index (χ0n) is 18.0. The molecule has 5 heteroatoms. The molecule has 2 aliphatic rings. The molecule has 0 N–H and O–H groups in total. The molecule has 1 aromatic rings. The van der Waals surface area contributed by atoms with Gasteiger partial charge in [0.05, 0.1) is 0 Å². The van der Waals surface area contributed by atoms with Gasteiger partial charge >= 0.3 is 5.97 Å². The van der Waals surface area contributed by atoms with Crippen LogP contribution in [0.5, 0.6) is 0 Å². The van der Waals surface area contributed by atoms with Crippen molar-refractivity contribution in [2.45, 2.75) is 58.4 Å². The van der Waals surface area contributed by atoms with Crippen molar-refractivity contribution in [1.29, 1.82) is 0 Å². The molecule has 0 radical (unpaired) electrons. The minimum absolute atomic E-state index is 0.209. The molecule has 2 aliphatic heterocycles. The van der Waals surface area contributed by atoms with Crippen LogP contribution in [0.2, 0.25) is 0 Å². The van der Waals surface area contributed by atoms with E-state index >= 15 is 0 Å². The number of ether oxygens (including phenoxy) is 2. The predicted molar refractivity (Wildman–Crippen MR) is 117 cm³/mol. The Morgan fingerprint density at radius 3 is 2.60 bits per heavy atom. The maximum atomic E-state index is 13.3. The molecular formula is C25H31NO4. The Morgan fingerprint density at radius 2 is 1.97 bits per heavy atom. The van der Waals surface area contributed by atoms with Crippen LogP contribution in [-0.2, 0) is 25.7 Å². The van der Waals surface area contributed by atoms with Gasteiger partial charge in [-0.3, -0.25) is 4.84 Å². The Labute approximate surface area is 179 Å². The summed E-state index contributed by atoms with van der Waals surface area (Å²) in [5.41, 5.74) is 0.958. The van der Waals surface area contributed by atoms with Gasteiger partial charge in [-0.15, -0.1) is 5.06 Å². The lowest BCUT2D eigenvalue weighted by molar-refractivity contribution is -0.343. The largest absolute Gasteiger partial charge is 0.472 e. The molecule has 2 atom stereocenters. The number of carbonyl (C=O) groups is 1. The first-order valence-corrected chi connectivity index (χ1v) is 10.7. The van der Waals surface area contributed by atoms with Crippen LogP contribution in [0, 0.1) is 0 Å². The number of hydrogen-bond donors (Lipinski definition) is 0. The summed E-state index contributed by atoms with van der Waals surface area (Å²) >= 11 is 0. The van der Waals surface area contributed by atoms with Crippen LogP contribution in [0.1, 0.15) is 45.6 Å². The number of carbonyl (C=O) groups excluding carboxylic acids is 1. The van der Waals surface area contributed by atoms with Crippen molar-refractivity contribution in [3.05, 3.63) is 83.7 Å². The highest BCUT2D eigenvalue weighted by atomic mass is 16.8. The summed E-state index contributed by atoms with van der Waals surface area (Å²) in [7, 11) is 0. The van der Waals surface area contributed by atoms with Crippen molar-refractivity contribution in [2.75, 3.05) is 6.61 Å².